The Morgan fingerprint density at radius 3 is 2.55 bits per heavy atom. The minimum absolute atomic E-state index is 0.102. The molecular weight excluding hydrogens is 281 g/mol. The summed E-state index contributed by atoms with van der Waals surface area (Å²) >= 11 is 5.64. The molecule has 0 aromatic heterocycles. The average molecular weight is 294 g/mol. The van der Waals surface area contributed by atoms with Crippen LogP contribution in [0.25, 0.3) is 0 Å². The van der Waals surface area contributed by atoms with Gasteiger partial charge in [0.2, 0.25) is 0 Å². The van der Waals surface area contributed by atoms with Gasteiger partial charge in [-0.25, -0.2) is 4.39 Å². The van der Waals surface area contributed by atoms with E-state index >= 15 is 0 Å². The highest BCUT2D eigenvalue weighted by Crippen LogP contribution is 2.20. The average Bonchev–Trinajstić information content (AvgIpc) is 2.44. The molecule has 0 unspecified atom stereocenters. The van der Waals surface area contributed by atoms with Crippen molar-refractivity contribution in [3.8, 4) is 5.75 Å². The number of hydrogen-bond donors (Lipinski definition) is 2. The van der Waals surface area contributed by atoms with Gasteiger partial charge in [-0.2, -0.15) is 0 Å². The number of phenols is 1. The molecule has 0 heterocycles. The Balaban J connectivity index is 2.13. The third-order valence-corrected chi connectivity index (χ3v) is 2.99. The van der Waals surface area contributed by atoms with Gasteiger partial charge in [0, 0.05) is 11.6 Å². The molecule has 0 aliphatic carbocycles. The number of nitrogens with one attached hydrogen (secondary N) is 1. The van der Waals surface area contributed by atoms with Gasteiger partial charge in [-0.3, -0.25) is 4.79 Å². The number of aryl methyl sites for hydroxylation is 1. The van der Waals surface area contributed by atoms with E-state index in [0.717, 1.165) is 30.2 Å². The van der Waals surface area contributed by atoms with Crippen molar-refractivity contribution in [1.82, 2.24) is 0 Å². The first-order valence-electron chi connectivity index (χ1n) is 6.05. The van der Waals surface area contributed by atoms with Crippen LogP contribution >= 0.6 is 11.6 Å². The second-order valence-electron chi connectivity index (χ2n) is 4.25. The number of alkyl halides is 1. The number of rotatable bonds is 4. The van der Waals surface area contributed by atoms with Crippen LogP contribution in [0.5, 0.6) is 5.75 Å². The molecule has 5 heteroatoms. The first-order valence-corrected chi connectivity index (χ1v) is 6.58. The van der Waals surface area contributed by atoms with Gasteiger partial charge in [0.1, 0.15) is 11.6 Å². The lowest BCUT2D eigenvalue weighted by molar-refractivity contribution is 0.102. The number of carbonyl (C=O) groups is 1. The fourth-order valence-corrected chi connectivity index (χ4v) is 1.97. The molecule has 0 atom stereocenters. The minimum Gasteiger partial charge on any atom is -0.507 e. The molecule has 0 aliphatic heterocycles. The molecule has 0 radical (unpaired) electrons. The Kier molecular flexibility index (Phi) is 4.58. The van der Waals surface area contributed by atoms with Crippen LogP contribution in [0.3, 0.4) is 0 Å². The number of carbonyl (C=O) groups excluding carboxylic acids is 1. The Hall–Kier alpha value is -2.07. The van der Waals surface area contributed by atoms with Gasteiger partial charge in [-0.1, -0.05) is 12.1 Å². The van der Waals surface area contributed by atoms with E-state index in [1.807, 2.05) is 12.1 Å². The summed E-state index contributed by atoms with van der Waals surface area (Å²) in [5.41, 5.74) is 1.53. The van der Waals surface area contributed by atoms with E-state index in [9.17, 15) is 14.3 Å². The molecule has 2 aromatic rings. The number of amides is 1. The van der Waals surface area contributed by atoms with Crippen molar-refractivity contribution in [3.63, 3.8) is 0 Å². The Morgan fingerprint density at radius 2 is 1.90 bits per heavy atom. The van der Waals surface area contributed by atoms with Crippen molar-refractivity contribution in [2.75, 3.05) is 11.2 Å². The largest absolute Gasteiger partial charge is 0.507 e. The summed E-state index contributed by atoms with van der Waals surface area (Å²) in [4.78, 5) is 11.9. The molecule has 3 nitrogen and oxygen atoms in total. The maximum atomic E-state index is 13.1. The first kappa shape index (κ1) is 14.3. The number of aromatic hydroxyl groups is 1. The summed E-state index contributed by atoms with van der Waals surface area (Å²) in [6.45, 7) is 0. The molecule has 2 aromatic carbocycles. The van der Waals surface area contributed by atoms with Gasteiger partial charge >= 0.3 is 0 Å². The summed E-state index contributed by atoms with van der Waals surface area (Å²) in [6, 6.07) is 10.4. The van der Waals surface area contributed by atoms with Gasteiger partial charge < -0.3 is 10.4 Å². The molecule has 0 spiro atoms. The summed E-state index contributed by atoms with van der Waals surface area (Å²) in [5.74, 6) is -0.872. The summed E-state index contributed by atoms with van der Waals surface area (Å²) in [6.07, 6.45) is 0.750. The van der Waals surface area contributed by atoms with E-state index in [2.05, 4.69) is 5.32 Å². The predicted octanol–water partition coefficient (Wildman–Crippen LogP) is 3.56. The van der Waals surface area contributed by atoms with Gasteiger partial charge in [0.25, 0.3) is 5.91 Å². The third kappa shape index (κ3) is 3.48. The molecule has 2 N–H and O–H groups in total. The van der Waals surface area contributed by atoms with Gasteiger partial charge in [0.15, 0.2) is 0 Å². The molecule has 2 rings (SSSR count). The van der Waals surface area contributed by atoms with Crippen molar-refractivity contribution in [2.24, 2.45) is 0 Å². The first-order chi connectivity index (χ1) is 9.60. The number of benzene rings is 2. The van der Waals surface area contributed by atoms with Gasteiger partial charge in [0.05, 0.1) is 5.56 Å². The van der Waals surface area contributed by atoms with E-state index in [0.29, 0.717) is 11.6 Å². The highest BCUT2D eigenvalue weighted by atomic mass is 35.5. The SMILES string of the molecule is O=C(Nc1ccc(CCCl)cc1)c1cc(F)ccc1O. The van der Waals surface area contributed by atoms with Crippen LogP contribution in [0.4, 0.5) is 10.1 Å². The molecule has 1 amide bonds. The monoisotopic (exact) mass is 293 g/mol. The predicted molar refractivity (Wildman–Crippen MR) is 76.9 cm³/mol. The van der Waals surface area contributed by atoms with Crippen LogP contribution < -0.4 is 5.32 Å². The van der Waals surface area contributed by atoms with Crippen molar-refractivity contribution in [2.45, 2.75) is 6.42 Å². The van der Waals surface area contributed by atoms with Gasteiger partial charge in [-0.05, 0) is 42.3 Å². The zero-order valence-corrected chi connectivity index (χ0v) is 11.3. The van der Waals surface area contributed by atoms with Crippen molar-refractivity contribution in [1.29, 1.82) is 0 Å². The normalized spacial score (nSPS) is 10.3. The molecule has 0 fully saturated rings. The van der Waals surface area contributed by atoms with Crippen LogP contribution in [0.1, 0.15) is 15.9 Å². The summed E-state index contributed by atoms with van der Waals surface area (Å²) in [7, 11) is 0. The highest BCUT2D eigenvalue weighted by Gasteiger charge is 2.12. The van der Waals surface area contributed by atoms with E-state index < -0.39 is 11.7 Å². The molecule has 104 valence electrons. The van der Waals surface area contributed by atoms with Crippen molar-refractivity contribution in [3.05, 3.63) is 59.4 Å². The highest BCUT2D eigenvalue weighted by molar-refractivity contribution is 6.18. The maximum absolute atomic E-state index is 13.1. The van der Waals surface area contributed by atoms with Crippen molar-refractivity contribution >= 4 is 23.2 Å². The lowest BCUT2D eigenvalue weighted by Gasteiger charge is -2.07. The van der Waals surface area contributed by atoms with Gasteiger partial charge in [-0.15, -0.1) is 11.6 Å². The topological polar surface area (TPSA) is 49.3 Å². The zero-order valence-electron chi connectivity index (χ0n) is 10.6. The Bertz CT molecular complexity index is 614. The Labute approximate surface area is 121 Å². The number of hydrogen-bond acceptors (Lipinski definition) is 2. The number of phenolic OH excluding ortho intramolecular Hbond substituents is 1. The lowest BCUT2D eigenvalue weighted by Crippen LogP contribution is -2.12. The fourth-order valence-electron chi connectivity index (χ4n) is 1.75. The van der Waals surface area contributed by atoms with E-state index in [1.165, 1.54) is 0 Å². The third-order valence-electron chi connectivity index (χ3n) is 2.80. The summed E-state index contributed by atoms with van der Waals surface area (Å²) < 4.78 is 13.1. The molecule has 0 saturated carbocycles. The van der Waals surface area contributed by atoms with Crippen LogP contribution in [-0.2, 0) is 6.42 Å². The van der Waals surface area contributed by atoms with E-state index in [4.69, 9.17) is 11.6 Å². The second-order valence-corrected chi connectivity index (χ2v) is 4.63. The molecule has 20 heavy (non-hydrogen) atoms. The fraction of sp³-hybridized carbons (Fsp3) is 0.133. The second kappa shape index (κ2) is 6.39. The quantitative estimate of drug-likeness (QED) is 0.847. The maximum Gasteiger partial charge on any atom is 0.259 e. The zero-order chi connectivity index (χ0) is 14.5. The minimum atomic E-state index is -0.578. The Morgan fingerprint density at radius 1 is 1.20 bits per heavy atom. The molecule has 0 aliphatic rings. The smallest absolute Gasteiger partial charge is 0.259 e. The number of anilines is 1. The summed E-state index contributed by atoms with van der Waals surface area (Å²) in [5, 5.41) is 12.2. The van der Waals surface area contributed by atoms with Crippen LogP contribution in [0, 0.1) is 5.82 Å². The van der Waals surface area contributed by atoms with Crippen LogP contribution in [0.15, 0.2) is 42.5 Å². The van der Waals surface area contributed by atoms with Crippen LogP contribution in [0.2, 0.25) is 0 Å². The lowest BCUT2D eigenvalue weighted by atomic mass is 10.1. The van der Waals surface area contributed by atoms with E-state index in [-0.39, 0.29) is 11.3 Å². The van der Waals surface area contributed by atoms with Crippen molar-refractivity contribution < 1.29 is 14.3 Å². The number of halogens is 2. The molecular formula is C15H13ClFNO2. The molecule has 0 bridgehead atoms. The standard InChI is InChI=1S/C15H13ClFNO2/c16-8-7-10-1-4-12(5-2-10)18-15(20)13-9-11(17)3-6-14(13)19/h1-6,9,19H,7-8H2,(H,18,20). The molecule has 0 saturated heterocycles. The van der Waals surface area contributed by atoms with E-state index in [1.54, 1.807) is 12.1 Å². The van der Waals surface area contributed by atoms with Crippen LogP contribution in [-0.4, -0.2) is 16.9 Å².